The van der Waals surface area contributed by atoms with Crippen LogP contribution in [0.1, 0.15) is 65.2 Å². The fraction of sp³-hybridized carbons (Fsp3) is 0.714. The number of amides is 1. The molecular formula is C21H31ClN2O2. The third kappa shape index (κ3) is 5.35. The average Bonchev–Trinajstić information content (AvgIpc) is 2.65. The number of halogens is 1. The topological polar surface area (TPSA) is 51.2 Å². The molecule has 5 heteroatoms. The highest BCUT2D eigenvalue weighted by Gasteiger charge is 2.30. The van der Waals surface area contributed by atoms with Crippen LogP contribution in [0, 0.1) is 17.8 Å². The van der Waals surface area contributed by atoms with Crippen LogP contribution >= 0.6 is 11.6 Å². The Morgan fingerprint density at radius 3 is 2.38 bits per heavy atom. The Kier molecular flexibility index (Phi) is 6.80. The third-order valence-corrected chi connectivity index (χ3v) is 6.32. The van der Waals surface area contributed by atoms with Crippen molar-refractivity contribution < 1.29 is 9.53 Å². The number of nitrogens with zero attached hydrogens (tertiary/aromatic N) is 1. The molecule has 1 aromatic heterocycles. The quantitative estimate of drug-likeness (QED) is 0.783. The van der Waals surface area contributed by atoms with Crippen molar-refractivity contribution in [2.24, 2.45) is 17.8 Å². The second-order valence-corrected chi connectivity index (χ2v) is 8.71. The van der Waals surface area contributed by atoms with E-state index in [1.807, 2.05) is 6.07 Å². The molecule has 0 unspecified atom stereocenters. The van der Waals surface area contributed by atoms with Gasteiger partial charge in [-0.2, -0.15) is 0 Å². The van der Waals surface area contributed by atoms with Gasteiger partial charge in [-0.05, 0) is 69.3 Å². The van der Waals surface area contributed by atoms with Gasteiger partial charge in [-0.1, -0.05) is 25.4 Å². The summed E-state index contributed by atoms with van der Waals surface area (Å²) in [6, 6.07) is 3.90. The molecule has 0 aliphatic heterocycles. The standard InChI is InChI=1S/C21H31ClN2O2/c1-14(2)15-3-5-16(6-4-15)21(25)24-18-8-10-19(11-9-18)26-20-12-7-17(22)13-23-20/h7,12-16,18-19H,3-6,8-11H2,1-2H3,(H,24,25). The van der Waals surface area contributed by atoms with Crippen LogP contribution in [0.2, 0.25) is 5.02 Å². The lowest BCUT2D eigenvalue weighted by Gasteiger charge is -2.33. The van der Waals surface area contributed by atoms with Gasteiger partial charge in [0.1, 0.15) is 6.10 Å². The maximum absolute atomic E-state index is 12.6. The summed E-state index contributed by atoms with van der Waals surface area (Å²) >= 11 is 5.85. The number of aromatic nitrogens is 1. The van der Waals surface area contributed by atoms with E-state index in [2.05, 4.69) is 24.1 Å². The third-order valence-electron chi connectivity index (χ3n) is 6.09. The molecular weight excluding hydrogens is 348 g/mol. The lowest BCUT2D eigenvalue weighted by molar-refractivity contribution is -0.127. The summed E-state index contributed by atoms with van der Waals surface area (Å²) in [5.74, 6) is 2.66. The number of rotatable bonds is 5. The molecule has 2 aliphatic rings. The van der Waals surface area contributed by atoms with Crippen molar-refractivity contribution in [3.05, 3.63) is 23.4 Å². The number of hydrogen-bond acceptors (Lipinski definition) is 3. The van der Waals surface area contributed by atoms with Gasteiger partial charge in [0.05, 0.1) is 5.02 Å². The Morgan fingerprint density at radius 1 is 1.12 bits per heavy atom. The van der Waals surface area contributed by atoms with Crippen LogP contribution in [-0.2, 0) is 4.79 Å². The molecule has 1 amide bonds. The lowest BCUT2D eigenvalue weighted by Crippen LogP contribution is -2.43. The van der Waals surface area contributed by atoms with E-state index in [1.54, 1.807) is 12.3 Å². The first-order chi connectivity index (χ1) is 12.5. The number of carbonyl (C=O) groups excluding carboxylic acids is 1. The molecule has 0 saturated heterocycles. The summed E-state index contributed by atoms with van der Waals surface area (Å²) in [5.41, 5.74) is 0. The predicted octanol–water partition coefficient (Wildman–Crippen LogP) is 5.00. The van der Waals surface area contributed by atoms with Crippen molar-refractivity contribution in [3.8, 4) is 5.88 Å². The molecule has 0 radical (unpaired) electrons. The van der Waals surface area contributed by atoms with Gasteiger partial charge in [0.15, 0.2) is 0 Å². The summed E-state index contributed by atoms with van der Waals surface area (Å²) in [7, 11) is 0. The van der Waals surface area contributed by atoms with E-state index in [9.17, 15) is 4.79 Å². The largest absolute Gasteiger partial charge is 0.474 e. The van der Waals surface area contributed by atoms with Crippen molar-refractivity contribution in [1.82, 2.24) is 10.3 Å². The highest BCUT2D eigenvalue weighted by atomic mass is 35.5. The van der Waals surface area contributed by atoms with Crippen molar-refractivity contribution >= 4 is 17.5 Å². The average molecular weight is 379 g/mol. The molecule has 4 nitrogen and oxygen atoms in total. The van der Waals surface area contributed by atoms with E-state index in [1.165, 1.54) is 12.8 Å². The van der Waals surface area contributed by atoms with Gasteiger partial charge in [0.25, 0.3) is 0 Å². The molecule has 2 fully saturated rings. The second kappa shape index (κ2) is 9.07. The van der Waals surface area contributed by atoms with Crippen LogP contribution in [-0.4, -0.2) is 23.0 Å². The van der Waals surface area contributed by atoms with Gasteiger partial charge in [-0.15, -0.1) is 0 Å². The van der Waals surface area contributed by atoms with Crippen LogP contribution in [0.25, 0.3) is 0 Å². The summed E-state index contributed by atoms with van der Waals surface area (Å²) < 4.78 is 5.93. The zero-order chi connectivity index (χ0) is 18.5. The fourth-order valence-corrected chi connectivity index (χ4v) is 4.41. The Balaban J connectivity index is 1.38. The maximum atomic E-state index is 12.6. The van der Waals surface area contributed by atoms with Crippen molar-refractivity contribution in [2.75, 3.05) is 0 Å². The van der Waals surface area contributed by atoms with Crippen molar-refractivity contribution in [2.45, 2.75) is 77.4 Å². The van der Waals surface area contributed by atoms with E-state index in [4.69, 9.17) is 16.3 Å². The molecule has 3 rings (SSSR count). The number of hydrogen-bond donors (Lipinski definition) is 1. The normalized spacial score (nSPS) is 29.4. The van der Waals surface area contributed by atoms with Crippen molar-refractivity contribution in [3.63, 3.8) is 0 Å². The van der Waals surface area contributed by atoms with E-state index < -0.39 is 0 Å². The zero-order valence-electron chi connectivity index (χ0n) is 15.9. The van der Waals surface area contributed by atoms with Crippen molar-refractivity contribution in [1.29, 1.82) is 0 Å². The molecule has 26 heavy (non-hydrogen) atoms. The Bertz CT molecular complexity index is 574. The summed E-state index contributed by atoms with van der Waals surface area (Å²) in [6.45, 7) is 4.59. The smallest absolute Gasteiger partial charge is 0.223 e. The van der Waals surface area contributed by atoms with Gasteiger partial charge < -0.3 is 10.1 Å². The first-order valence-corrected chi connectivity index (χ1v) is 10.5. The SMILES string of the molecule is CC(C)C1CCC(C(=O)NC2CCC(Oc3ccc(Cl)cn3)CC2)CC1. The molecule has 0 bridgehead atoms. The van der Waals surface area contributed by atoms with Gasteiger partial charge in [0, 0.05) is 24.2 Å². The Morgan fingerprint density at radius 2 is 1.81 bits per heavy atom. The first kappa shape index (κ1) is 19.5. The predicted molar refractivity (Wildman–Crippen MR) is 104 cm³/mol. The van der Waals surface area contributed by atoms with Crippen LogP contribution < -0.4 is 10.1 Å². The molecule has 1 N–H and O–H groups in total. The number of ether oxygens (including phenoxy) is 1. The number of pyridine rings is 1. The first-order valence-electron chi connectivity index (χ1n) is 10.1. The van der Waals surface area contributed by atoms with Gasteiger partial charge in [0.2, 0.25) is 11.8 Å². The minimum Gasteiger partial charge on any atom is -0.474 e. The number of nitrogens with one attached hydrogen (secondary N) is 1. The number of carbonyl (C=O) groups is 1. The fourth-order valence-electron chi connectivity index (χ4n) is 4.29. The molecule has 0 spiro atoms. The molecule has 2 aliphatic carbocycles. The van der Waals surface area contributed by atoms with Crippen LogP contribution in [0.3, 0.4) is 0 Å². The minimum atomic E-state index is 0.179. The van der Waals surface area contributed by atoms with Gasteiger partial charge >= 0.3 is 0 Å². The van der Waals surface area contributed by atoms with Gasteiger partial charge in [-0.3, -0.25) is 4.79 Å². The monoisotopic (exact) mass is 378 g/mol. The van der Waals surface area contributed by atoms with E-state index in [0.717, 1.165) is 50.4 Å². The molecule has 0 atom stereocenters. The highest BCUT2D eigenvalue weighted by Crippen LogP contribution is 2.33. The summed E-state index contributed by atoms with van der Waals surface area (Å²) in [5, 5.41) is 3.91. The molecule has 1 aromatic rings. The maximum Gasteiger partial charge on any atom is 0.223 e. The summed E-state index contributed by atoms with van der Waals surface area (Å²) in [6.07, 6.45) is 10.1. The summed E-state index contributed by atoms with van der Waals surface area (Å²) in [4.78, 5) is 16.8. The van der Waals surface area contributed by atoms with Gasteiger partial charge in [-0.25, -0.2) is 4.98 Å². The lowest BCUT2D eigenvalue weighted by atomic mass is 9.76. The molecule has 2 saturated carbocycles. The van der Waals surface area contributed by atoms with Crippen LogP contribution in [0.15, 0.2) is 18.3 Å². The molecule has 144 valence electrons. The Hall–Kier alpha value is -1.29. The van der Waals surface area contributed by atoms with Crippen LogP contribution in [0.5, 0.6) is 5.88 Å². The Labute approximate surface area is 162 Å². The minimum absolute atomic E-state index is 0.179. The molecule has 1 heterocycles. The van der Waals surface area contributed by atoms with E-state index in [-0.39, 0.29) is 17.9 Å². The zero-order valence-corrected chi connectivity index (χ0v) is 16.7. The van der Waals surface area contributed by atoms with Crippen LogP contribution in [0.4, 0.5) is 0 Å². The molecule has 0 aromatic carbocycles. The van der Waals surface area contributed by atoms with E-state index >= 15 is 0 Å². The highest BCUT2D eigenvalue weighted by molar-refractivity contribution is 6.30. The van der Waals surface area contributed by atoms with E-state index in [0.29, 0.717) is 16.9 Å². The second-order valence-electron chi connectivity index (χ2n) is 8.27.